The maximum atomic E-state index is 13.6. The summed E-state index contributed by atoms with van der Waals surface area (Å²) in [6, 6.07) is 12.2. The van der Waals surface area contributed by atoms with E-state index in [1.807, 2.05) is 30.3 Å². The molecule has 1 N–H and O–H groups in total. The van der Waals surface area contributed by atoms with Crippen molar-refractivity contribution in [3.8, 4) is 11.5 Å². The minimum absolute atomic E-state index is 0.0443. The zero-order valence-electron chi connectivity index (χ0n) is 19.5. The molecule has 0 unspecified atom stereocenters. The van der Waals surface area contributed by atoms with Crippen LogP contribution in [0.2, 0.25) is 5.02 Å². The Morgan fingerprint density at radius 1 is 1.11 bits per heavy atom. The summed E-state index contributed by atoms with van der Waals surface area (Å²) in [5.41, 5.74) is 1.18. The summed E-state index contributed by atoms with van der Waals surface area (Å²) in [4.78, 5) is 32.5. The van der Waals surface area contributed by atoms with E-state index in [1.165, 1.54) is 9.36 Å². The van der Waals surface area contributed by atoms with Crippen molar-refractivity contribution in [1.29, 1.82) is 0 Å². The molecule has 4 heterocycles. The van der Waals surface area contributed by atoms with Crippen LogP contribution in [0.3, 0.4) is 0 Å². The van der Waals surface area contributed by atoms with Gasteiger partial charge >= 0.3 is 11.4 Å². The molecule has 0 bridgehead atoms. The molecule has 37 heavy (non-hydrogen) atoms. The van der Waals surface area contributed by atoms with Crippen LogP contribution in [0.25, 0.3) is 0 Å². The molecule has 5 atom stereocenters. The summed E-state index contributed by atoms with van der Waals surface area (Å²) in [5, 5.41) is 15.8. The lowest BCUT2D eigenvalue weighted by Gasteiger charge is -2.38. The number of hydrogen-bond donors (Lipinski definition) is 1. The summed E-state index contributed by atoms with van der Waals surface area (Å²) in [6.45, 7) is 0.623. The maximum Gasteiger partial charge on any atom is 0.347 e. The van der Waals surface area contributed by atoms with Gasteiger partial charge in [0, 0.05) is 23.6 Å². The van der Waals surface area contributed by atoms with Gasteiger partial charge in [0.1, 0.15) is 24.9 Å². The lowest BCUT2D eigenvalue weighted by molar-refractivity contribution is 0.0320. The molecule has 2 aromatic carbocycles. The highest BCUT2D eigenvalue weighted by Crippen LogP contribution is 2.46. The van der Waals surface area contributed by atoms with Crippen molar-refractivity contribution in [3.63, 3.8) is 0 Å². The van der Waals surface area contributed by atoms with Gasteiger partial charge in [-0.3, -0.25) is 0 Å². The molecule has 192 valence electrons. The molecule has 2 fully saturated rings. The minimum Gasteiger partial charge on any atom is -0.454 e. The van der Waals surface area contributed by atoms with E-state index in [0.29, 0.717) is 47.4 Å². The molecule has 7 rings (SSSR count). The number of nitrogens with zero attached hydrogens (tertiary/aromatic N) is 4. The van der Waals surface area contributed by atoms with Crippen molar-refractivity contribution in [2.24, 2.45) is 11.1 Å². The van der Waals surface area contributed by atoms with Crippen molar-refractivity contribution >= 4 is 17.3 Å². The molecule has 0 spiro atoms. The number of hydrogen-bond acceptors (Lipinski definition) is 8. The van der Waals surface area contributed by atoms with E-state index in [4.69, 9.17) is 30.6 Å². The Balaban J connectivity index is 1.21. The normalized spacial score (nSPS) is 27.9. The van der Waals surface area contributed by atoms with Gasteiger partial charge in [-0.1, -0.05) is 47.1 Å². The Morgan fingerprint density at radius 3 is 2.70 bits per heavy atom. The Labute approximate surface area is 215 Å². The van der Waals surface area contributed by atoms with E-state index in [-0.39, 0.29) is 25.4 Å². The van der Waals surface area contributed by atoms with Gasteiger partial charge in [0.25, 0.3) is 0 Å². The van der Waals surface area contributed by atoms with E-state index >= 15 is 0 Å². The third kappa shape index (κ3) is 3.60. The van der Waals surface area contributed by atoms with Crippen molar-refractivity contribution in [1.82, 2.24) is 13.9 Å². The number of rotatable bonds is 5. The largest absolute Gasteiger partial charge is 0.454 e. The lowest BCUT2D eigenvalue weighted by atomic mass is 9.78. The van der Waals surface area contributed by atoms with Crippen LogP contribution in [-0.4, -0.2) is 49.9 Å². The number of aliphatic hydroxyl groups is 1. The lowest BCUT2D eigenvalue weighted by Crippen LogP contribution is -2.53. The Morgan fingerprint density at radius 2 is 1.89 bits per heavy atom. The second kappa shape index (κ2) is 8.51. The van der Waals surface area contributed by atoms with Crippen LogP contribution in [0, 0.1) is 5.92 Å². The van der Waals surface area contributed by atoms with E-state index in [0.717, 1.165) is 10.1 Å². The molecular weight excluding hydrogens is 504 g/mol. The molecule has 0 radical (unpaired) electrons. The van der Waals surface area contributed by atoms with Gasteiger partial charge in [-0.2, -0.15) is 0 Å². The molecule has 3 aliphatic heterocycles. The molecule has 1 aliphatic carbocycles. The molecule has 12 heteroatoms. The topological polar surface area (TPSA) is 122 Å². The highest BCUT2D eigenvalue weighted by Gasteiger charge is 2.61. The average Bonchev–Trinajstić information content (AvgIpc) is 3.52. The number of halogens is 1. The number of ether oxygens (including phenoxy) is 3. The first-order valence-electron chi connectivity index (χ1n) is 12.1. The summed E-state index contributed by atoms with van der Waals surface area (Å²) in [5.74, 6) is 0.714. The first-order valence-corrected chi connectivity index (χ1v) is 12.5. The highest BCUT2D eigenvalue weighted by molar-refractivity contribution is 6.31. The first-order chi connectivity index (χ1) is 18.0. The number of oxime groups is 1. The molecule has 3 aromatic rings. The van der Waals surface area contributed by atoms with E-state index in [2.05, 4.69) is 5.16 Å². The van der Waals surface area contributed by atoms with Crippen molar-refractivity contribution < 1.29 is 24.2 Å². The van der Waals surface area contributed by atoms with Gasteiger partial charge in [-0.25, -0.2) is 23.5 Å². The second-order valence-electron chi connectivity index (χ2n) is 9.59. The van der Waals surface area contributed by atoms with Gasteiger partial charge in [0.15, 0.2) is 11.5 Å². The van der Waals surface area contributed by atoms with Gasteiger partial charge in [0.2, 0.25) is 6.79 Å². The third-order valence-electron chi connectivity index (χ3n) is 7.48. The van der Waals surface area contributed by atoms with Gasteiger partial charge in [-0.05, 0) is 23.6 Å². The standard InChI is InChI=1S/C25H23ClN4O7/c26-16-9-18-17(34-12-35-18)8-14(16)10-28-24(32)29-7-6-15-19(27-36-11-13-4-2-1-3-5-13)22-23(37-22)21(31)20(15)30(29)25(28)33/h1-5,8-9,15,20-23,31H,6-7,10-12H2/b27-19-/t15-,20-,21+,22-,23+/m1/s1. The zero-order chi connectivity index (χ0) is 25.3. The highest BCUT2D eigenvalue weighted by atomic mass is 35.5. The first kappa shape index (κ1) is 22.6. The van der Waals surface area contributed by atoms with E-state index in [1.54, 1.807) is 12.1 Å². The molecule has 4 aliphatic rings. The smallest absolute Gasteiger partial charge is 0.347 e. The summed E-state index contributed by atoms with van der Waals surface area (Å²) >= 11 is 6.41. The third-order valence-corrected chi connectivity index (χ3v) is 7.83. The Kier molecular flexibility index (Phi) is 5.20. The zero-order valence-corrected chi connectivity index (χ0v) is 20.3. The van der Waals surface area contributed by atoms with Gasteiger partial charge < -0.3 is 24.2 Å². The fourth-order valence-corrected chi connectivity index (χ4v) is 5.84. The molecule has 0 amide bonds. The van der Waals surface area contributed by atoms with Crippen LogP contribution >= 0.6 is 11.6 Å². The monoisotopic (exact) mass is 526 g/mol. The SMILES string of the molecule is O=c1n(Cc2cc3c(cc2Cl)OCO3)c(=O)n2n1CC[C@@H]1/C(=N/OCc3ccccc3)[C@H]3O[C@H]3[C@@H](O)[C@@H]12. The van der Waals surface area contributed by atoms with Gasteiger partial charge in [-0.15, -0.1) is 0 Å². The fourth-order valence-electron chi connectivity index (χ4n) is 5.63. The minimum atomic E-state index is -0.961. The summed E-state index contributed by atoms with van der Waals surface area (Å²) in [7, 11) is 0. The maximum absolute atomic E-state index is 13.6. The number of aromatic nitrogens is 3. The molecule has 1 aromatic heterocycles. The van der Waals surface area contributed by atoms with Crippen molar-refractivity contribution in [2.45, 2.75) is 50.5 Å². The Hall–Kier alpha value is -3.54. The van der Waals surface area contributed by atoms with Crippen LogP contribution in [-0.2, 0) is 29.3 Å². The molecular formula is C25H23ClN4O7. The van der Waals surface area contributed by atoms with Crippen molar-refractivity contribution in [2.75, 3.05) is 6.79 Å². The van der Waals surface area contributed by atoms with E-state index in [9.17, 15) is 14.7 Å². The quantitative estimate of drug-likeness (QED) is 0.395. The number of fused-ring (bicyclic) bond motifs is 5. The van der Waals surface area contributed by atoms with Crippen LogP contribution < -0.4 is 20.9 Å². The second-order valence-corrected chi connectivity index (χ2v) is 10.00. The Bertz CT molecular complexity index is 1530. The van der Waals surface area contributed by atoms with Crippen LogP contribution in [0.15, 0.2) is 57.2 Å². The number of epoxide rings is 1. The van der Waals surface area contributed by atoms with Crippen molar-refractivity contribution in [3.05, 3.63) is 79.6 Å². The fraction of sp³-hybridized carbons (Fsp3) is 0.400. The summed E-state index contributed by atoms with van der Waals surface area (Å²) in [6.07, 6.45) is -1.30. The van der Waals surface area contributed by atoms with E-state index < -0.39 is 29.6 Å². The van der Waals surface area contributed by atoms with Gasteiger partial charge in [0.05, 0.1) is 18.3 Å². The summed E-state index contributed by atoms with van der Waals surface area (Å²) < 4.78 is 20.4. The average molecular weight is 527 g/mol. The van der Waals surface area contributed by atoms with Crippen LogP contribution in [0.1, 0.15) is 23.6 Å². The molecule has 1 saturated carbocycles. The number of aliphatic hydroxyl groups excluding tert-OH is 1. The van der Waals surface area contributed by atoms with Crippen LogP contribution in [0.5, 0.6) is 11.5 Å². The number of benzene rings is 2. The predicted octanol–water partition coefficient (Wildman–Crippen LogP) is 1.52. The predicted molar refractivity (Wildman–Crippen MR) is 130 cm³/mol. The molecule has 1 saturated heterocycles. The van der Waals surface area contributed by atoms with Crippen LogP contribution in [0.4, 0.5) is 0 Å². The molecule has 11 nitrogen and oxygen atoms in total.